The molecule has 7 heteroatoms. The molecule has 0 radical (unpaired) electrons. The SMILES string of the molecule is CCc1ncc(C(=O)NC(CCn2cncn2)c2ccccc2)cn1. The molecule has 3 aromatic rings. The van der Waals surface area contributed by atoms with Crippen molar-refractivity contribution < 1.29 is 4.79 Å². The summed E-state index contributed by atoms with van der Waals surface area (Å²) >= 11 is 0. The maximum atomic E-state index is 12.6. The summed E-state index contributed by atoms with van der Waals surface area (Å²) in [7, 11) is 0. The van der Waals surface area contributed by atoms with Crippen molar-refractivity contribution in [2.75, 3.05) is 0 Å². The molecule has 0 aliphatic carbocycles. The Labute approximate surface area is 146 Å². The lowest BCUT2D eigenvalue weighted by molar-refractivity contribution is 0.0932. The van der Waals surface area contributed by atoms with Crippen LogP contribution in [0.15, 0.2) is 55.4 Å². The minimum Gasteiger partial charge on any atom is -0.345 e. The van der Waals surface area contributed by atoms with Crippen LogP contribution >= 0.6 is 0 Å². The van der Waals surface area contributed by atoms with Gasteiger partial charge in [0, 0.05) is 25.4 Å². The molecular formula is C18H20N6O. The van der Waals surface area contributed by atoms with Gasteiger partial charge in [-0.05, 0) is 12.0 Å². The third kappa shape index (κ3) is 4.47. The van der Waals surface area contributed by atoms with Gasteiger partial charge in [0.25, 0.3) is 5.91 Å². The van der Waals surface area contributed by atoms with Gasteiger partial charge in [-0.2, -0.15) is 5.10 Å². The number of hydrogen-bond acceptors (Lipinski definition) is 5. The number of nitrogens with one attached hydrogen (secondary N) is 1. The van der Waals surface area contributed by atoms with Gasteiger partial charge in [-0.25, -0.2) is 15.0 Å². The smallest absolute Gasteiger partial charge is 0.254 e. The number of carbonyl (C=O) groups is 1. The number of aromatic nitrogens is 5. The molecule has 1 unspecified atom stereocenters. The second kappa shape index (κ2) is 8.14. The van der Waals surface area contributed by atoms with Crippen LogP contribution in [0.2, 0.25) is 0 Å². The lowest BCUT2D eigenvalue weighted by atomic mass is 10.0. The van der Waals surface area contributed by atoms with E-state index in [9.17, 15) is 4.79 Å². The van der Waals surface area contributed by atoms with E-state index in [-0.39, 0.29) is 11.9 Å². The number of carbonyl (C=O) groups excluding carboxylic acids is 1. The Bertz CT molecular complexity index is 786. The summed E-state index contributed by atoms with van der Waals surface area (Å²) in [6, 6.07) is 9.75. The average Bonchev–Trinajstić information content (AvgIpc) is 3.19. The maximum absolute atomic E-state index is 12.6. The quantitative estimate of drug-likeness (QED) is 0.715. The topological polar surface area (TPSA) is 85.6 Å². The number of nitrogens with zero attached hydrogens (tertiary/aromatic N) is 5. The fourth-order valence-electron chi connectivity index (χ4n) is 2.51. The highest BCUT2D eigenvalue weighted by Gasteiger charge is 2.16. The third-order valence-electron chi connectivity index (χ3n) is 3.90. The molecule has 25 heavy (non-hydrogen) atoms. The van der Waals surface area contributed by atoms with Crippen molar-refractivity contribution in [3.63, 3.8) is 0 Å². The van der Waals surface area contributed by atoms with Crippen molar-refractivity contribution in [3.05, 3.63) is 72.3 Å². The van der Waals surface area contributed by atoms with Gasteiger partial charge in [-0.3, -0.25) is 9.48 Å². The molecule has 0 fully saturated rings. The van der Waals surface area contributed by atoms with E-state index in [1.165, 1.54) is 6.33 Å². The lowest BCUT2D eigenvalue weighted by Gasteiger charge is -2.19. The highest BCUT2D eigenvalue weighted by molar-refractivity contribution is 5.93. The summed E-state index contributed by atoms with van der Waals surface area (Å²) < 4.78 is 1.75. The van der Waals surface area contributed by atoms with Gasteiger partial charge in [0.2, 0.25) is 0 Å². The fraction of sp³-hybridized carbons (Fsp3) is 0.278. The van der Waals surface area contributed by atoms with Crippen LogP contribution in [0.5, 0.6) is 0 Å². The Balaban J connectivity index is 1.72. The fourth-order valence-corrected chi connectivity index (χ4v) is 2.51. The highest BCUT2D eigenvalue weighted by atomic mass is 16.1. The maximum Gasteiger partial charge on any atom is 0.254 e. The molecule has 0 bridgehead atoms. The van der Waals surface area contributed by atoms with Gasteiger partial charge < -0.3 is 5.32 Å². The molecule has 1 aromatic carbocycles. The molecule has 3 rings (SSSR count). The van der Waals surface area contributed by atoms with Crippen LogP contribution in [0, 0.1) is 0 Å². The van der Waals surface area contributed by atoms with E-state index >= 15 is 0 Å². The van der Waals surface area contributed by atoms with Gasteiger partial charge in [0.1, 0.15) is 18.5 Å². The van der Waals surface area contributed by atoms with E-state index in [2.05, 4.69) is 25.4 Å². The molecule has 128 valence electrons. The second-order valence-electron chi connectivity index (χ2n) is 5.63. The third-order valence-corrected chi connectivity index (χ3v) is 3.90. The normalized spacial score (nSPS) is 11.9. The number of benzene rings is 1. The predicted molar refractivity (Wildman–Crippen MR) is 92.7 cm³/mol. The van der Waals surface area contributed by atoms with E-state index in [0.29, 0.717) is 18.5 Å². The van der Waals surface area contributed by atoms with Crippen LogP contribution in [0.1, 0.15) is 41.1 Å². The van der Waals surface area contributed by atoms with Crippen molar-refractivity contribution in [2.45, 2.75) is 32.4 Å². The predicted octanol–water partition coefficient (Wildman–Crippen LogP) is 2.19. The molecule has 0 saturated heterocycles. The summed E-state index contributed by atoms with van der Waals surface area (Å²) in [5.41, 5.74) is 1.50. The van der Waals surface area contributed by atoms with Gasteiger partial charge in [0.15, 0.2) is 0 Å². The largest absolute Gasteiger partial charge is 0.345 e. The summed E-state index contributed by atoms with van der Waals surface area (Å²) in [5, 5.41) is 7.18. The average molecular weight is 336 g/mol. The van der Waals surface area contributed by atoms with Crippen molar-refractivity contribution in [1.29, 1.82) is 0 Å². The number of rotatable bonds is 7. The molecule has 7 nitrogen and oxygen atoms in total. The standard InChI is InChI=1S/C18H20N6O/c1-2-17-20-10-15(11-21-17)18(25)23-16(14-6-4-3-5-7-14)8-9-24-13-19-12-22-24/h3-7,10-13,16H,2,8-9H2,1H3,(H,23,25). The Morgan fingerprint density at radius 2 is 1.96 bits per heavy atom. The van der Waals surface area contributed by atoms with Crippen molar-refractivity contribution in [2.24, 2.45) is 0 Å². The number of hydrogen-bond donors (Lipinski definition) is 1. The molecule has 0 spiro atoms. The van der Waals surface area contributed by atoms with Gasteiger partial charge in [0.05, 0.1) is 11.6 Å². The van der Waals surface area contributed by atoms with Gasteiger partial charge in [-0.1, -0.05) is 37.3 Å². The van der Waals surface area contributed by atoms with Crippen LogP contribution in [-0.2, 0) is 13.0 Å². The lowest BCUT2D eigenvalue weighted by Crippen LogP contribution is -2.29. The molecular weight excluding hydrogens is 316 g/mol. The van der Waals surface area contributed by atoms with E-state index in [4.69, 9.17) is 0 Å². The van der Waals surface area contributed by atoms with Crippen LogP contribution in [0.4, 0.5) is 0 Å². The second-order valence-corrected chi connectivity index (χ2v) is 5.63. The first-order chi connectivity index (χ1) is 12.3. The van der Waals surface area contributed by atoms with Crippen molar-refractivity contribution in [3.8, 4) is 0 Å². The highest BCUT2D eigenvalue weighted by Crippen LogP contribution is 2.18. The molecule has 1 N–H and O–H groups in total. The summed E-state index contributed by atoms with van der Waals surface area (Å²) in [4.78, 5) is 24.9. The Morgan fingerprint density at radius 1 is 1.20 bits per heavy atom. The van der Waals surface area contributed by atoms with Crippen LogP contribution in [0.25, 0.3) is 0 Å². The monoisotopic (exact) mass is 336 g/mol. The molecule has 1 amide bonds. The van der Waals surface area contributed by atoms with E-state index in [1.807, 2.05) is 37.3 Å². The zero-order valence-electron chi connectivity index (χ0n) is 14.0. The van der Waals surface area contributed by atoms with E-state index in [0.717, 1.165) is 17.8 Å². The molecule has 0 aliphatic heterocycles. The van der Waals surface area contributed by atoms with Crippen molar-refractivity contribution in [1.82, 2.24) is 30.0 Å². The number of aryl methyl sites for hydroxylation is 2. The van der Waals surface area contributed by atoms with Crippen LogP contribution < -0.4 is 5.32 Å². The van der Waals surface area contributed by atoms with Crippen LogP contribution in [-0.4, -0.2) is 30.6 Å². The summed E-state index contributed by atoms with van der Waals surface area (Å²) in [6.07, 6.45) is 7.75. The Kier molecular flexibility index (Phi) is 5.46. The minimum absolute atomic E-state index is 0.135. The van der Waals surface area contributed by atoms with Crippen molar-refractivity contribution >= 4 is 5.91 Å². The summed E-state index contributed by atoms with van der Waals surface area (Å²) in [6.45, 7) is 2.63. The first-order valence-corrected chi connectivity index (χ1v) is 8.25. The number of amides is 1. The van der Waals surface area contributed by atoms with Crippen LogP contribution in [0.3, 0.4) is 0 Å². The minimum atomic E-state index is -0.185. The Hall–Kier alpha value is -3.09. The van der Waals surface area contributed by atoms with E-state index < -0.39 is 0 Å². The van der Waals surface area contributed by atoms with E-state index in [1.54, 1.807) is 23.4 Å². The molecule has 2 aromatic heterocycles. The zero-order valence-corrected chi connectivity index (χ0v) is 14.0. The molecule has 0 saturated carbocycles. The summed E-state index contributed by atoms with van der Waals surface area (Å²) in [5.74, 6) is 0.539. The van der Waals surface area contributed by atoms with Gasteiger partial charge >= 0.3 is 0 Å². The molecule has 1 atom stereocenters. The molecule has 2 heterocycles. The van der Waals surface area contributed by atoms with Gasteiger partial charge in [-0.15, -0.1) is 0 Å². The molecule has 0 aliphatic rings. The first-order valence-electron chi connectivity index (χ1n) is 8.25. The first kappa shape index (κ1) is 16.8. The Morgan fingerprint density at radius 3 is 2.60 bits per heavy atom. The zero-order chi connectivity index (χ0) is 17.5.